The average Bonchev–Trinajstić information content (AvgIpc) is 2.38. The second kappa shape index (κ2) is 6.81. The van der Waals surface area contributed by atoms with Crippen LogP contribution in [0, 0.1) is 11.3 Å². The lowest BCUT2D eigenvalue weighted by molar-refractivity contribution is 0.261. The van der Waals surface area contributed by atoms with Gasteiger partial charge in [-0.1, -0.05) is 6.92 Å². The molecule has 1 aromatic rings. The highest BCUT2D eigenvalue weighted by atomic mass is 15.2. The lowest BCUT2D eigenvalue weighted by atomic mass is 10.2. The van der Waals surface area contributed by atoms with Crippen molar-refractivity contribution in [1.82, 2.24) is 15.1 Å². The average molecular weight is 233 g/mol. The van der Waals surface area contributed by atoms with Gasteiger partial charge in [-0.2, -0.15) is 10.4 Å². The number of nitrogens with one attached hydrogen (secondary N) is 1. The van der Waals surface area contributed by atoms with Gasteiger partial charge in [0.1, 0.15) is 6.07 Å². The van der Waals surface area contributed by atoms with Crippen LogP contribution < -0.4 is 5.32 Å². The molecule has 0 aromatic carbocycles. The van der Waals surface area contributed by atoms with Gasteiger partial charge in [-0.05, 0) is 26.5 Å². The number of rotatable bonds is 6. The Morgan fingerprint density at radius 3 is 3.00 bits per heavy atom. The molecule has 0 radical (unpaired) electrons. The van der Waals surface area contributed by atoms with Gasteiger partial charge in [0.25, 0.3) is 0 Å². The van der Waals surface area contributed by atoms with Gasteiger partial charge in [-0.25, -0.2) is 0 Å². The molecular formula is C12H19N5. The summed E-state index contributed by atoms with van der Waals surface area (Å²) < 4.78 is 0. The first-order chi connectivity index (χ1) is 8.19. The van der Waals surface area contributed by atoms with E-state index in [1.165, 1.54) is 6.20 Å². The summed E-state index contributed by atoms with van der Waals surface area (Å²) in [7, 11) is 2.09. The van der Waals surface area contributed by atoms with Crippen LogP contribution in [0.3, 0.4) is 0 Å². The van der Waals surface area contributed by atoms with Crippen LogP contribution in [0.15, 0.2) is 12.3 Å². The number of likely N-dealkylation sites (N-methyl/N-ethyl adjacent to an activating group) is 1. The van der Waals surface area contributed by atoms with Crippen LogP contribution in [-0.2, 0) is 0 Å². The largest absolute Gasteiger partial charge is 0.366 e. The fourth-order valence-electron chi connectivity index (χ4n) is 1.44. The number of hydrogen-bond donors (Lipinski definition) is 1. The molecule has 0 fully saturated rings. The molecule has 0 saturated carbocycles. The van der Waals surface area contributed by atoms with E-state index >= 15 is 0 Å². The third-order valence-electron chi connectivity index (χ3n) is 2.94. The van der Waals surface area contributed by atoms with Crippen LogP contribution in [0.1, 0.15) is 25.8 Å². The van der Waals surface area contributed by atoms with Crippen molar-refractivity contribution in [1.29, 1.82) is 5.26 Å². The van der Waals surface area contributed by atoms with Gasteiger partial charge in [0, 0.05) is 19.1 Å². The van der Waals surface area contributed by atoms with Gasteiger partial charge in [0.15, 0.2) is 5.82 Å². The van der Waals surface area contributed by atoms with E-state index in [0.717, 1.165) is 19.5 Å². The Kier molecular flexibility index (Phi) is 5.37. The molecule has 0 aliphatic heterocycles. The SMILES string of the molecule is CCC(C)N(C)CCNc1nnccc1C#N. The Hall–Kier alpha value is -1.67. The predicted octanol–water partition coefficient (Wildman–Crippen LogP) is 1.49. The lowest BCUT2D eigenvalue weighted by Gasteiger charge is -2.23. The molecule has 5 heteroatoms. The zero-order valence-corrected chi connectivity index (χ0v) is 10.6. The molecule has 0 saturated heterocycles. The summed E-state index contributed by atoms with van der Waals surface area (Å²) in [6.07, 6.45) is 2.65. The van der Waals surface area contributed by atoms with Crippen LogP contribution in [0.4, 0.5) is 5.82 Å². The molecule has 0 amide bonds. The number of nitrogens with zero attached hydrogens (tertiary/aromatic N) is 4. The van der Waals surface area contributed by atoms with Gasteiger partial charge < -0.3 is 10.2 Å². The number of aromatic nitrogens is 2. The highest BCUT2D eigenvalue weighted by Crippen LogP contribution is 2.07. The highest BCUT2D eigenvalue weighted by molar-refractivity contribution is 5.49. The molecule has 0 aliphatic rings. The molecule has 5 nitrogen and oxygen atoms in total. The minimum Gasteiger partial charge on any atom is -0.366 e. The molecule has 1 heterocycles. The zero-order chi connectivity index (χ0) is 12.7. The standard InChI is InChI=1S/C12H19N5/c1-4-10(2)17(3)8-7-14-12-11(9-13)5-6-15-16-12/h5-6,10H,4,7-8H2,1-3H3,(H,14,16). The molecular weight excluding hydrogens is 214 g/mol. The minimum atomic E-state index is 0.534. The molecule has 0 bridgehead atoms. The summed E-state index contributed by atoms with van der Waals surface area (Å²) in [5.74, 6) is 0.563. The summed E-state index contributed by atoms with van der Waals surface area (Å²) in [5, 5.41) is 19.7. The maximum absolute atomic E-state index is 8.89. The maximum Gasteiger partial charge on any atom is 0.166 e. The minimum absolute atomic E-state index is 0.534. The molecule has 0 aliphatic carbocycles. The second-order valence-corrected chi connectivity index (χ2v) is 4.07. The Morgan fingerprint density at radius 1 is 1.59 bits per heavy atom. The zero-order valence-electron chi connectivity index (χ0n) is 10.6. The van der Waals surface area contributed by atoms with E-state index in [-0.39, 0.29) is 0 Å². The molecule has 1 N–H and O–H groups in total. The molecule has 0 spiro atoms. The first-order valence-electron chi connectivity index (χ1n) is 5.85. The van der Waals surface area contributed by atoms with E-state index in [4.69, 9.17) is 5.26 Å². The van der Waals surface area contributed by atoms with Gasteiger partial charge in [-0.3, -0.25) is 0 Å². The van der Waals surface area contributed by atoms with E-state index in [0.29, 0.717) is 17.4 Å². The van der Waals surface area contributed by atoms with Crippen molar-refractivity contribution in [2.75, 3.05) is 25.5 Å². The van der Waals surface area contributed by atoms with E-state index in [1.807, 2.05) is 0 Å². The topological polar surface area (TPSA) is 64.8 Å². The van der Waals surface area contributed by atoms with Crippen molar-refractivity contribution in [3.05, 3.63) is 17.8 Å². The van der Waals surface area contributed by atoms with Crippen LogP contribution in [-0.4, -0.2) is 41.3 Å². The Morgan fingerprint density at radius 2 is 2.35 bits per heavy atom. The summed E-state index contributed by atoms with van der Waals surface area (Å²) in [6.45, 7) is 6.04. The van der Waals surface area contributed by atoms with Crippen molar-refractivity contribution < 1.29 is 0 Å². The van der Waals surface area contributed by atoms with E-state index in [9.17, 15) is 0 Å². The first-order valence-corrected chi connectivity index (χ1v) is 5.85. The Bertz CT molecular complexity index is 385. The van der Waals surface area contributed by atoms with E-state index < -0.39 is 0 Å². The van der Waals surface area contributed by atoms with Crippen LogP contribution in [0.2, 0.25) is 0 Å². The molecule has 1 unspecified atom stereocenters. The molecule has 1 atom stereocenters. The summed E-state index contributed by atoms with van der Waals surface area (Å²) in [5.41, 5.74) is 0.534. The Balaban J connectivity index is 2.44. The molecule has 1 aromatic heterocycles. The van der Waals surface area contributed by atoms with Gasteiger partial charge >= 0.3 is 0 Å². The molecule has 1 rings (SSSR count). The highest BCUT2D eigenvalue weighted by Gasteiger charge is 2.07. The van der Waals surface area contributed by atoms with Crippen molar-refractivity contribution in [3.8, 4) is 6.07 Å². The summed E-state index contributed by atoms with van der Waals surface area (Å²) in [4.78, 5) is 2.27. The number of hydrogen-bond acceptors (Lipinski definition) is 5. The first kappa shape index (κ1) is 13.4. The third kappa shape index (κ3) is 4.00. The lowest BCUT2D eigenvalue weighted by Crippen LogP contribution is -2.32. The summed E-state index contributed by atoms with van der Waals surface area (Å²) >= 11 is 0. The number of nitriles is 1. The third-order valence-corrected chi connectivity index (χ3v) is 2.94. The molecule has 17 heavy (non-hydrogen) atoms. The van der Waals surface area contributed by atoms with Crippen molar-refractivity contribution in [2.24, 2.45) is 0 Å². The molecule has 92 valence electrons. The van der Waals surface area contributed by atoms with Crippen LogP contribution in [0.25, 0.3) is 0 Å². The smallest absolute Gasteiger partial charge is 0.166 e. The van der Waals surface area contributed by atoms with E-state index in [1.54, 1.807) is 6.07 Å². The predicted molar refractivity (Wildman–Crippen MR) is 67.6 cm³/mol. The van der Waals surface area contributed by atoms with Crippen molar-refractivity contribution in [3.63, 3.8) is 0 Å². The van der Waals surface area contributed by atoms with Crippen LogP contribution >= 0.6 is 0 Å². The second-order valence-electron chi connectivity index (χ2n) is 4.07. The van der Waals surface area contributed by atoms with Crippen LogP contribution in [0.5, 0.6) is 0 Å². The fourth-order valence-corrected chi connectivity index (χ4v) is 1.44. The number of anilines is 1. The Labute approximate surface area is 102 Å². The maximum atomic E-state index is 8.89. The van der Waals surface area contributed by atoms with Crippen molar-refractivity contribution in [2.45, 2.75) is 26.3 Å². The van der Waals surface area contributed by atoms with Gasteiger partial charge in [-0.15, -0.1) is 5.10 Å². The van der Waals surface area contributed by atoms with Gasteiger partial charge in [0.05, 0.1) is 11.8 Å². The normalized spacial score (nSPS) is 12.2. The quantitative estimate of drug-likeness (QED) is 0.806. The van der Waals surface area contributed by atoms with Gasteiger partial charge in [0.2, 0.25) is 0 Å². The summed E-state index contributed by atoms with van der Waals surface area (Å²) in [6, 6.07) is 4.31. The van der Waals surface area contributed by atoms with E-state index in [2.05, 4.69) is 47.4 Å². The van der Waals surface area contributed by atoms with Crippen molar-refractivity contribution >= 4 is 5.82 Å². The fraction of sp³-hybridized carbons (Fsp3) is 0.583. The monoisotopic (exact) mass is 233 g/mol.